The molecule has 0 radical (unpaired) electrons. The molecule has 0 aromatic carbocycles. The largest absolute Gasteiger partial charge is 0.300 e. The minimum atomic E-state index is 0.0559. The number of alkyl halides is 1. The van der Waals surface area contributed by atoms with Crippen LogP contribution < -0.4 is 0 Å². The molecule has 0 fully saturated rings. The zero-order valence-electron chi connectivity index (χ0n) is 11.3. The van der Waals surface area contributed by atoms with Crippen molar-refractivity contribution in [3.8, 4) is 11.8 Å². The van der Waals surface area contributed by atoms with E-state index in [0.717, 1.165) is 18.2 Å². The summed E-state index contributed by atoms with van der Waals surface area (Å²) >= 11 is 3.32. The zero-order valence-corrected chi connectivity index (χ0v) is 12.9. The van der Waals surface area contributed by atoms with Crippen LogP contribution in [0.4, 0.5) is 0 Å². The lowest BCUT2D eigenvalue weighted by molar-refractivity contribution is -0.119. The average Bonchev–Trinajstić information content (AvgIpc) is 2.20. The van der Waals surface area contributed by atoms with Crippen LogP contribution in [0.3, 0.4) is 0 Å². The van der Waals surface area contributed by atoms with E-state index < -0.39 is 0 Å². The Hall–Kier alpha value is -0.550. The molecule has 1 unspecified atom stereocenters. The maximum atomic E-state index is 11.2. The Balaban J connectivity index is 4.41. The number of carbonyl (C=O) groups is 1. The molecule has 0 heterocycles. The van der Waals surface area contributed by atoms with Crippen molar-refractivity contribution in [2.24, 2.45) is 11.3 Å². The molecule has 0 N–H and O–H groups in total. The van der Waals surface area contributed by atoms with E-state index >= 15 is 0 Å². The van der Waals surface area contributed by atoms with Crippen LogP contribution in [0.2, 0.25) is 0 Å². The minimum absolute atomic E-state index is 0.0559. The molecule has 0 saturated heterocycles. The van der Waals surface area contributed by atoms with Crippen LogP contribution in [0, 0.1) is 23.2 Å². The maximum absolute atomic E-state index is 11.2. The van der Waals surface area contributed by atoms with E-state index in [9.17, 15) is 4.79 Å². The lowest BCUT2D eigenvalue weighted by Gasteiger charge is -2.25. The first-order valence-electron chi connectivity index (χ1n) is 6.12. The number of rotatable bonds is 6. The summed E-state index contributed by atoms with van der Waals surface area (Å²) in [6.07, 6.45) is 6.53. The maximum Gasteiger partial charge on any atom is 0.130 e. The van der Waals surface area contributed by atoms with Gasteiger partial charge in [0.1, 0.15) is 5.78 Å². The third kappa shape index (κ3) is 9.18. The summed E-state index contributed by atoms with van der Waals surface area (Å²) < 4.78 is 0. The van der Waals surface area contributed by atoms with E-state index in [1.54, 1.807) is 6.92 Å². The van der Waals surface area contributed by atoms with Gasteiger partial charge in [0, 0.05) is 17.7 Å². The smallest absolute Gasteiger partial charge is 0.130 e. The molecule has 0 amide bonds. The van der Waals surface area contributed by atoms with Crippen LogP contribution >= 0.6 is 15.9 Å². The van der Waals surface area contributed by atoms with Crippen molar-refractivity contribution in [1.29, 1.82) is 0 Å². The number of hydrogen-bond donors (Lipinski definition) is 0. The van der Waals surface area contributed by atoms with Gasteiger partial charge in [0.25, 0.3) is 0 Å². The van der Waals surface area contributed by atoms with Crippen molar-refractivity contribution in [2.45, 2.75) is 47.0 Å². The molecular formula is C15H23BrO. The predicted molar refractivity (Wildman–Crippen MR) is 78.2 cm³/mol. The topological polar surface area (TPSA) is 17.1 Å². The number of hydrogen-bond acceptors (Lipinski definition) is 1. The highest BCUT2D eigenvalue weighted by atomic mass is 79.9. The van der Waals surface area contributed by atoms with Crippen LogP contribution in [0.1, 0.15) is 47.0 Å². The van der Waals surface area contributed by atoms with E-state index in [1.807, 2.05) is 12.2 Å². The first-order chi connectivity index (χ1) is 7.91. The fourth-order valence-corrected chi connectivity index (χ4v) is 2.17. The summed E-state index contributed by atoms with van der Waals surface area (Å²) in [6, 6.07) is 0. The Morgan fingerprint density at radius 2 is 2.12 bits per heavy atom. The van der Waals surface area contributed by atoms with Crippen molar-refractivity contribution >= 4 is 21.7 Å². The summed E-state index contributed by atoms with van der Waals surface area (Å²) in [5.41, 5.74) is 0.0559. The Kier molecular flexibility index (Phi) is 8.25. The fourth-order valence-electron chi connectivity index (χ4n) is 1.98. The standard InChI is InChI=1S/C15H23BrO/c1-5-14(9-7-6-8-10-16)12-15(3,4)11-13(2)17/h6,8,14H,5,10-12H2,1-4H3. The van der Waals surface area contributed by atoms with E-state index in [-0.39, 0.29) is 11.2 Å². The second-order valence-electron chi connectivity index (χ2n) is 5.20. The average molecular weight is 299 g/mol. The van der Waals surface area contributed by atoms with Crippen LogP contribution in [0.25, 0.3) is 0 Å². The molecule has 1 atom stereocenters. The number of carbonyl (C=O) groups excluding carboxylic acids is 1. The number of allylic oxidation sites excluding steroid dienone is 2. The summed E-state index contributed by atoms with van der Waals surface area (Å²) in [5.74, 6) is 6.97. The lowest BCUT2D eigenvalue weighted by Crippen LogP contribution is -2.19. The SMILES string of the molecule is CCC(C#CC=CCBr)CC(C)(C)CC(C)=O. The normalized spacial score (nSPS) is 13.2. The van der Waals surface area contributed by atoms with E-state index in [2.05, 4.69) is 48.5 Å². The van der Waals surface area contributed by atoms with Gasteiger partial charge in [0.2, 0.25) is 0 Å². The number of ketones is 1. The highest BCUT2D eigenvalue weighted by Crippen LogP contribution is 2.30. The highest BCUT2D eigenvalue weighted by molar-refractivity contribution is 9.09. The minimum Gasteiger partial charge on any atom is -0.300 e. The van der Waals surface area contributed by atoms with Gasteiger partial charge in [0.05, 0.1) is 0 Å². The molecule has 0 aromatic rings. The van der Waals surface area contributed by atoms with Gasteiger partial charge >= 0.3 is 0 Å². The van der Waals surface area contributed by atoms with Crippen LogP contribution in [0.15, 0.2) is 12.2 Å². The molecule has 2 heteroatoms. The second kappa shape index (κ2) is 8.53. The molecule has 1 nitrogen and oxygen atoms in total. The van der Waals surface area contributed by atoms with E-state index in [4.69, 9.17) is 0 Å². The second-order valence-corrected chi connectivity index (χ2v) is 5.85. The van der Waals surface area contributed by atoms with Gasteiger partial charge in [-0.15, -0.1) is 0 Å². The van der Waals surface area contributed by atoms with Crippen LogP contribution in [-0.4, -0.2) is 11.1 Å². The van der Waals surface area contributed by atoms with Gasteiger partial charge in [0.15, 0.2) is 0 Å². The summed E-state index contributed by atoms with van der Waals surface area (Å²) in [5, 5.41) is 0.842. The van der Waals surface area contributed by atoms with Gasteiger partial charge in [-0.3, -0.25) is 0 Å². The summed E-state index contributed by atoms with van der Waals surface area (Å²) in [4.78, 5) is 11.2. The zero-order chi connectivity index (χ0) is 13.3. The molecule has 0 aliphatic carbocycles. The molecule has 0 spiro atoms. The lowest BCUT2D eigenvalue weighted by atomic mass is 9.78. The Labute approximate surface area is 114 Å². The van der Waals surface area contributed by atoms with Gasteiger partial charge in [-0.2, -0.15) is 0 Å². The summed E-state index contributed by atoms with van der Waals surface area (Å²) in [6.45, 7) is 8.10. The molecule has 0 aliphatic heterocycles. The molecule has 0 aromatic heterocycles. The Morgan fingerprint density at radius 1 is 1.47 bits per heavy atom. The van der Waals surface area contributed by atoms with Crippen LogP contribution in [-0.2, 0) is 4.79 Å². The molecule has 0 rings (SSSR count). The third-order valence-electron chi connectivity index (χ3n) is 2.60. The number of halogens is 1. The van der Waals surface area contributed by atoms with Crippen molar-refractivity contribution < 1.29 is 4.79 Å². The van der Waals surface area contributed by atoms with Gasteiger partial charge in [-0.1, -0.05) is 54.6 Å². The molecule has 17 heavy (non-hydrogen) atoms. The van der Waals surface area contributed by atoms with Gasteiger partial charge in [-0.25, -0.2) is 0 Å². The predicted octanol–water partition coefficient (Wildman–Crippen LogP) is 4.36. The summed E-state index contributed by atoms with van der Waals surface area (Å²) in [7, 11) is 0. The molecular weight excluding hydrogens is 276 g/mol. The quantitative estimate of drug-likeness (QED) is 0.526. The molecule has 0 saturated carbocycles. The Morgan fingerprint density at radius 3 is 2.59 bits per heavy atom. The van der Waals surface area contributed by atoms with Gasteiger partial charge < -0.3 is 4.79 Å². The number of Topliss-reactive ketones (excluding diaryl/α,β-unsaturated/α-hetero) is 1. The van der Waals surface area contributed by atoms with Crippen molar-refractivity contribution in [3.63, 3.8) is 0 Å². The Bertz CT molecular complexity index is 318. The monoisotopic (exact) mass is 298 g/mol. The highest BCUT2D eigenvalue weighted by Gasteiger charge is 2.23. The van der Waals surface area contributed by atoms with Crippen LogP contribution in [0.5, 0.6) is 0 Å². The van der Waals surface area contributed by atoms with Crippen molar-refractivity contribution in [3.05, 3.63) is 12.2 Å². The van der Waals surface area contributed by atoms with Crippen molar-refractivity contribution in [2.75, 3.05) is 5.33 Å². The molecule has 0 bridgehead atoms. The molecule has 96 valence electrons. The van der Waals surface area contributed by atoms with E-state index in [1.165, 1.54) is 0 Å². The first-order valence-corrected chi connectivity index (χ1v) is 7.25. The first kappa shape index (κ1) is 16.4. The fraction of sp³-hybridized carbons (Fsp3) is 0.667. The third-order valence-corrected chi connectivity index (χ3v) is 2.97. The van der Waals surface area contributed by atoms with Gasteiger partial charge in [-0.05, 0) is 31.3 Å². The van der Waals surface area contributed by atoms with E-state index in [0.29, 0.717) is 12.3 Å². The van der Waals surface area contributed by atoms with Crippen molar-refractivity contribution in [1.82, 2.24) is 0 Å². The molecule has 0 aliphatic rings.